The minimum atomic E-state index is -0.0125. The van der Waals surface area contributed by atoms with Crippen LogP contribution in [0.2, 0.25) is 0 Å². The van der Waals surface area contributed by atoms with Crippen LogP contribution in [0.25, 0.3) is 11.1 Å². The Morgan fingerprint density at radius 2 is 1.83 bits per heavy atom. The zero-order valence-corrected chi connectivity index (χ0v) is 13.1. The first-order valence-corrected chi connectivity index (χ1v) is 7.66. The van der Waals surface area contributed by atoms with Crippen molar-refractivity contribution >= 4 is 11.6 Å². The van der Waals surface area contributed by atoms with Crippen LogP contribution in [0.15, 0.2) is 67.0 Å². The number of benzene rings is 2. The van der Waals surface area contributed by atoms with Gasteiger partial charge < -0.3 is 5.32 Å². The highest BCUT2D eigenvalue weighted by Gasteiger charge is 2.08. The van der Waals surface area contributed by atoms with Crippen LogP contribution in [-0.4, -0.2) is 15.7 Å². The molecule has 0 aliphatic rings. The molecule has 0 unspecified atom stereocenters. The van der Waals surface area contributed by atoms with E-state index in [0.717, 1.165) is 22.4 Å². The normalized spacial score (nSPS) is 10.5. The fraction of sp³-hybridized carbons (Fsp3) is 0.158. The topological polar surface area (TPSA) is 46.9 Å². The van der Waals surface area contributed by atoms with E-state index >= 15 is 0 Å². The number of amides is 1. The molecule has 0 bridgehead atoms. The highest BCUT2D eigenvalue weighted by Crippen LogP contribution is 2.27. The molecular formula is C19H19N3O. The van der Waals surface area contributed by atoms with Crippen LogP contribution in [0.5, 0.6) is 0 Å². The molecule has 0 radical (unpaired) electrons. The molecule has 0 spiro atoms. The van der Waals surface area contributed by atoms with Gasteiger partial charge in [-0.1, -0.05) is 48.5 Å². The summed E-state index contributed by atoms with van der Waals surface area (Å²) >= 11 is 0. The average Bonchev–Trinajstić information content (AvgIpc) is 3.00. The van der Waals surface area contributed by atoms with Crippen molar-refractivity contribution in [2.75, 3.05) is 5.32 Å². The summed E-state index contributed by atoms with van der Waals surface area (Å²) < 4.78 is 1.79. The Morgan fingerprint density at radius 3 is 2.57 bits per heavy atom. The van der Waals surface area contributed by atoms with Gasteiger partial charge in [0.2, 0.25) is 5.91 Å². The molecule has 1 N–H and O–H groups in total. The molecule has 3 aromatic rings. The maximum atomic E-state index is 12.2. The van der Waals surface area contributed by atoms with Crippen LogP contribution in [0.3, 0.4) is 0 Å². The first-order chi connectivity index (χ1) is 11.2. The van der Waals surface area contributed by atoms with Gasteiger partial charge in [0.15, 0.2) is 0 Å². The molecule has 1 aromatic heterocycles. The van der Waals surface area contributed by atoms with E-state index in [1.54, 1.807) is 10.9 Å². The third-order valence-electron chi connectivity index (χ3n) is 3.62. The molecule has 23 heavy (non-hydrogen) atoms. The lowest BCUT2D eigenvalue weighted by atomic mass is 10.0. The quantitative estimate of drug-likeness (QED) is 0.777. The molecule has 4 nitrogen and oxygen atoms in total. The lowest BCUT2D eigenvalue weighted by Crippen LogP contribution is -2.15. The maximum Gasteiger partial charge on any atom is 0.226 e. The zero-order chi connectivity index (χ0) is 16.1. The predicted octanol–water partition coefficient (Wildman–Crippen LogP) is 3.89. The number of rotatable bonds is 5. The van der Waals surface area contributed by atoms with E-state index in [1.165, 1.54) is 0 Å². The average molecular weight is 305 g/mol. The van der Waals surface area contributed by atoms with E-state index in [4.69, 9.17) is 0 Å². The molecule has 0 aliphatic carbocycles. The number of anilines is 1. The van der Waals surface area contributed by atoms with Crippen molar-refractivity contribution in [2.24, 2.45) is 0 Å². The van der Waals surface area contributed by atoms with E-state index in [1.807, 2.05) is 67.7 Å². The van der Waals surface area contributed by atoms with Crippen molar-refractivity contribution in [1.82, 2.24) is 9.78 Å². The Kier molecular flexibility index (Phi) is 4.52. The minimum absolute atomic E-state index is 0.0125. The summed E-state index contributed by atoms with van der Waals surface area (Å²) in [5, 5.41) is 7.20. The summed E-state index contributed by atoms with van der Waals surface area (Å²) in [6, 6.07) is 17.9. The van der Waals surface area contributed by atoms with Crippen molar-refractivity contribution < 1.29 is 4.79 Å². The molecule has 116 valence electrons. The Labute approximate surface area is 135 Å². The van der Waals surface area contributed by atoms with Crippen LogP contribution in [0, 0.1) is 6.92 Å². The number of hydrogen-bond donors (Lipinski definition) is 1. The molecule has 0 fully saturated rings. The number of carbonyl (C=O) groups excluding carboxylic acids is 1. The van der Waals surface area contributed by atoms with E-state index in [-0.39, 0.29) is 5.91 Å². The van der Waals surface area contributed by atoms with Gasteiger partial charge >= 0.3 is 0 Å². The van der Waals surface area contributed by atoms with Gasteiger partial charge in [-0.2, -0.15) is 5.10 Å². The number of aryl methyl sites for hydroxylation is 2. The Morgan fingerprint density at radius 1 is 1.09 bits per heavy atom. The predicted molar refractivity (Wildman–Crippen MR) is 92.1 cm³/mol. The zero-order valence-electron chi connectivity index (χ0n) is 13.1. The lowest BCUT2D eigenvalue weighted by molar-refractivity contribution is -0.116. The number of para-hydroxylation sites is 1. The molecular weight excluding hydrogens is 286 g/mol. The standard InChI is InChI=1S/C19H19N3O/c1-15-13-20-22(14-15)12-11-19(23)21-18-10-6-5-9-17(18)16-7-3-2-4-8-16/h2-10,13-14H,11-12H2,1H3,(H,21,23). The van der Waals surface area contributed by atoms with Crippen molar-refractivity contribution in [2.45, 2.75) is 19.9 Å². The van der Waals surface area contributed by atoms with Gasteiger partial charge in [-0.3, -0.25) is 9.48 Å². The summed E-state index contributed by atoms with van der Waals surface area (Å²) in [6.45, 7) is 2.56. The smallest absolute Gasteiger partial charge is 0.226 e. The van der Waals surface area contributed by atoms with Crippen molar-refractivity contribution in [3.63, 3.8) is 0 Å². The summed E-state index contributed by atoms with van der Waals surface area (Å²) in [7, 11) is 0. The monoisotopic (exact) mass is 305 g/mol. The van der Waals surface area contributed by atoms with E-state index < -0.39 is 0 Å². The number of aromatic nitrogens is 2. The third kappa shape index (κ3) is 3.86. The first kappa shape index (κ1) is 15.0. The van der Waals surface area contributed by atoms with Crippen LogP contribution >= 0.6 is 0 Å². The summed E-state index contributed by atoms with van der Waals surface area (Å²) in [6.07, 6.45) is 4.12. The molecule has 1 amide bonds. The Hall–Kier alpha value is -2.88. The Bertz CT molecular complexity index is 793. The minimum Gasteiger partial charge on any atom is -0.325 e. The van der Waals surface area contributed by atoms with Gasteiger partial charge in [0.25, 0.3) is 0 Å². The largest absolute Gasteiger partial charge is 0.325 e. The molecule has 1 heterocycles. The SMILES string of the molecule is Cc1cnn(CCC(=O)Nc2ccccc2-c2ccccc2)c1. The van der Waals surface area contributed by atoms with Gasteiger partial charge in [0.1, 0.15) is 0 Å². The number of hydrogen-bond acceptors (Lipinski definition) is 2. The molecule has 3 rings (SSSR count). The van der Waals surface area contributed by atoms with Crippen molar-refractivity contribution in [3.8, 4) is 11.1 Å². The second kappa shape index (κ2) is 6.92. The van der Waals surface area contributed by atoms with Crippen molar-refractivity contribution in [1.29, 1.82) is 0 Å². The number of nitrogens with one attached hydrogen (secondary N) is 1. The maximum absolute atomic E-state index is 12.2. The van der Waals surface area contributed by atoms with Crippen molar-refractivity contribution in [3.05, 3.63) is 72.6 Å². The molecule has 0 saturated heterocycles. The third-order valence-corrected chi connectivity index (χ3v) is 3.62. The fourth-order valence-electron chi connectivity index (χ4n) is 2.48. The van der Waals surface area contributed by atoms with Gasteiger partial charge in [0, 0.05) is 30.4 Å². The summed E-state index contributed by atoms with van der Waals surface area (Å²) in [5.41, 5.74) is 4.04. The summed E-state index contributed by atoms with van der Waals surface area (Å²) in [4.78, 5) is 12.2. The number of nitrogens with zero attached hydrogens (tertiary/aromatic N) is 2. The van der Waals surface area contributed by atoms with Crippen LogP contribution in [0.4, 0.5) is 5.69 Å². The highest BCUT2D eigenvalue weighted by molar-refractivity contribution is 5.95. The molecule has 2 aromatic carbocycles. The highest BCUT2D eigenvalue weighted by atomic mass is 16.1. The molecule has 4 heteroatoms. The van der Waals surface area contributed by atoms with Gasteiger partial charge in [-0.25, -0.2) is 0 Å². The summed E-state index contributed by atoms with van der Waals surface area (Å²) in [5.74, 6) is -0.0125. The van der Waals surface area contributed by atoms with Gasteiger partial charge in [0.05, 0.1) is 6.20 Å². The Balaban J connectivity index is 1.69. The van der Waals surface area contributed by atoms with Crippen LogP contribution < -0.4 is 5.32 Å². The first-order valence-electron chi connectivity index (χ1n) is 7.66. The fourth-order valence-corrected chi connectivity index (χ4v) is 2.48. The van der Waals surface area contributed by atoms with Crippen LogP contribution in [-0.2, 0) is 11.3 Å². The second-order valence-electron chi connectivity index (χ2n) is 5.49. The molecule has 0 atom stereocenters. The second-order valence-corrected chi connectivity index (χ2v) is 5.49. The van der Waals surface area contributed by atoms with E-state index in [0.29, 0.717) is 13.0 Å². The lowest BCUT2D eigenvalue weighted by Gasteiger charge is -2.11. The van der Waals surface area contributed by atoms with Crippen LogP contribution in [0.1, 0.15) is 12.0 Å². The van der Waals surface area contributed by atoms with E-state index in [9.17, 15) is 4.79 Å². The van der Waals surface area contributed by atoms with E-state index in [2.05, 4.69) is 10.4 Å². The van der Waals surface area contributed by atoms with Gasteiger partial charge in [-0.05, 0) is 24.1 Å². The molecule has 0 saturated carbocycles. The number of carbonyl (C=O) groups is 1. The molecule has 0 aliphatic heterocycles. The van der Waals surface area contributed by atoms with Gasteiger partial charge in [-0.15, -0.1) is 0 Å².